The number of nitriles is 1. The number of benzene rings is 2. The SMILES string of the molecule is CCCCCN(CC)CCN(C(=O)Nc1cc(Cl)cc(Cl)c1)C1CCC2C(C)C21.N#Cc1ccccc1. The largest absolute Gasteiger partial charge is 0.322 e. The van der Waals surface area contributed by atoms with Crippen LogP contribution in [0.25, 0.3) is 0 Å². The number of nitrogens with one attached hydrogen (secondary N) is 1. The quantitative estimate of drug-likeness (QED) is 0.310. The Kier molecular flexibility index (Phi) is 11.6. The highest BCUT2D eigenvalue weighted by atomic mass is 35.5. The smallest absolute Gasteiger partial charge is 0.320 e. The summed E-state index contributed by atoms with van der Waals surface area (Å²) in [5.41, 5.74) is 1.37. The van der Waals surface area contributed by atoms with Crippen molar-refractivity contribution in [1.82, 2.24) is 9.80 Å². The zero-order chi connectivity index (χ0) is 26.8. The molecule has 2 aliphatic rings. The summed E-state index contributed by atoms with van der Waals surface area (Å²) in [4.78, 5) is 17.8. The zero-order valence-corrected chi connectivity index (χ0v) is 23.8. The van der Waals surface area contributed by atoms with Crippen molar-refractivity contribution in [2.45, 2.75) is 58.9 Å². The Morgan fingerprint density at radius 3 is 2.27 bits per heavy atom. The van der Waals surface area contributed by atoms with Crippen LogP contribution in [0.4, 0.5) is 10.5 Å². The second kappa shape index (κ2) is 14.6. The Morgan fingerprint density at radius 2 is 1.73 bits per heavy atom. The van der Waals surface area contributed by atoms with Gasteiger partial charge in [-0.25, -0.2) is 4.79 Å². The van der Waals surface area contributed by atoms with Gasteiger partial charge in [0.15, 0.2) is 0 Å². The number of fused-ring (bicyclic) bond motifs is 1. The molecule has 5 nitrogen and oxygen atoms in total. The van der Waals surface area contributed by atoms with Gasteiger partial charge in [0.05, 0.1) is 11.6 Å². The fraction of sp³-hybridized carbons (Fsp3) is 0.533. The van der Waals surface area contributed by atoms with Crippen LogP contribution in [0.15, 0.2) is 48.5 Å². The third-order valence-electron chi connectivity index (χ3n) is 7.74. The lowest BCUT2D eigenvalue weighted by Gasteiger charge is -2.33. The van der Waals surface area contributed by atoms with Gasteiger partial charge in [0.1, 0.15) is 0 Å². The van der Waals surface area contributed by atoms with Crippen molar-refractivity contribution in [3.05, 3.63) is 64.1 Å². The van der Waals surface area contributed by atoms with Gasteiger partial charge >= 0.3 is 6.03 Å². The zero-order valence-electron chi connectivity index (χ0n) is 22.3. The molecule has 0 aromatic heterocycles. The summed E-state index contributed by atoms with van der Waals surface area (Å²) in [6.07, 6.45) is 6.09. The lowest BCUT2D eigenvalue weighted by molar-refractivity contribution is 0.160. The third-order valence-corrected chi connectivity index (χ3v) is 8.17. The number of unbranched alkanes of at least 4 members (excludes halogenated alkanes) is 2. The number of hydrogen-bond donors (Lipinski definition) is 1. The highest BCUT2D eigenvalue weighted by Crippen LogP contribution is 2.58. The maximum absolute atomic E-state index is 13.3. The van der Waals surface area contributed by atoms with Crippen LogP contribution < -0.4 is 5.32 Å². The number of urea groups is 1. The van der Waals surface area contributed by atoms with Crippen molar-refractivity contribution >= 4 is 34.9 Å². The number of carbonyl (C=O) groups excluding carboxylic acids is 1. The van der Waals surface area contributed by atoms with Crippen molar-refractivity contribution in [2.75, 3.05) is 31.5 Å². The summed E-state index contributed by atoms with van der Waals surface area (Å²) < 4.78 is 0. The lowest BCUT2D eigenvalue weighted by atomic mass is 10.1. The van der Waals surface area contributed by atoms with Crippen molar-refractivity contribution in [3.63, 3.8) is 0 Å². The molecule has 0 aliphatic heterocycles. The Balaban J connectivity index is 0.000000405. The van der Waals surface area contributed by atoms with Gasteiger partial charge in [-0.3, -0.25) is 0 Å². The van der Waals surface area contributed by atoms with E-state index in [1.807, 2.05) is 24.3 Å². The Bertz CT molecular complexity index is 1020. The molecule has 4 atom stereocenters. The summed E-state index contributed by atoms with van der Waals surface area (Å²) >= 11 is 12.2. The molecule has 0 bridgehead atoms. The Morgan fingerprint density at radius 1 is 1.03 bits per heavy atom. The average Bonchev–Trinajstić information content (AvgIpc) is 3.30. The van der Waals surface area contributed by atoms with Crippen LogP contribution in [0.1, 0.15) is 58.4 Å². The molecule has 2 saturated carbocycles. The molecule has 2 aliphatic carbocycles. The van der Waals surface area contributed by atoms with E-state index in [0.29, 0.717) is 33.3 Å². The second-order valence-electron chi connectivity index (χ2n) is 10.1. The summed E-state index contributed by atoms with van der Waals surface area (Å²) in [6.45, 7) is 10.6. The maximum Gasteiger partial charge on any atom is 0.322 e. The summed E-state index contributed by atoms with van der Waals surface area (Å²) in [5.74, 6) is 2.22. The van der Waals surface area contributed by atoms with Gasteiger partial charge in [-0.2, -0.15) is 5.26 Å². The van der Waals surface area contributed by atoms with E-state index in [0.717, 1.165) is 44.4 Å². The number of anilines is 1. The van der Waals surface area contributed by atoms with E-state index in [1.54, 1.807) is 30.3 Å². The van der Waals surface area contributed by atoms with Crippen molar-refractivity contribution in [1.29, 1.82) is 5.26 Å². The molecule has 2 aromatic rings. The normalized spacial score (nSPS) is 21.4. The molecule has 2 aromatic carbocycles. The average molecular weight is 544 g/mol. The monoisotopic (exact) mass is 542 g/mol. The van der Waals surface area contributed by atoms with Crippen molar-refractivity contribution in [3.8, 4) is 6.07 Å². The van der Waals surface area contributed by atoms with Gasteiger partial charge in [-0.05, 0) is 80.4 Å². The van der Waals surface area contributed by atoms with Gasteiger partial charge in [0, 0.05) is 34.9 Å². The minimum absolute atomic E-state index is 0.0299. The lowest BCUT2D eigenvalue weighted by Crippen LogP contribution is -2.47. The molecule has 4 unspecified atom stereocenters. The number of halogens is 2. The number of nitrogens with zero attached hydrogens (tertiary/aromatic N) is 3. The number of carbonyl (C=O) groups is 1. The highest BCUT2D eigenvalue weighted by molar-refractivity contribution is 6.35. The Labute approximate surface area is 232 Å². The molecule has 7 heteroatoms. The Hall–Kier alpha value is -2.26. The van der Waals surface area contributed by atoms with E-state index in [-0.39, 0.29) is 6.03 Å². The molecule has 200 valence electrons. The molecular formula is C30H40Cl2N4O. The van der Waals surface area contributed by atoms with E-state index < -0.39 is 0 Å². The fourth-order valence-electron chi connectivity index (χ4n) is 5.60. The predicted molar refractivity (Wildman–Crippen MR) is 154 cm³/mol. The van der Waals surface area contributed by atoms with Gasteiger partial charge in [0.25, 0.3) is 0 Å². The van der Waals surface area contributed by atoms with Crippen LogP contribution >= 0.6 is 23.2 Å². The molecule has 2 amide bonds. The maximum atomic E-state index is 13.3. The first-order chi connectivity index (χ1) is 17.9. The van der Waals surface area contributed by atoms with E-state index >= 15 is 0 Å². The van der Waals surface area contributed by atoms with Gasteiger partial charge < -0.3 is 15.1 Å². The van der Waals surface area contributed by atoms with Crippen LogP contribution in [0.3, 0.4) is 0 Å². The van der Waals surface area contributed by atoms with Crippen LogP contribution in [0.5, 0.6) is 0 Å². The molecule has 1 N–H and O–H groups in total. The van der Waals surface area contributed by atoms with E-state index in [9.17, 15) is 4.79 Å². The van der Waals surface area contributed by atoms with Gasteiger partial charge in [-0.1, -0.05) is 75.0 Å². The number of rotatable bonds is 10. The number of likely N-dealkylation sites (N-methyl/N-ethyl adjacent to an activating group) is 1. The van der Waals surface area contributed by atoms with Gasteiger partial charge in [-0.15, -0.1) is 0 Å². The fourth-order valence-corrected chi connectivity index (χ4v) is 6.13. The first-order valence-electron chi connectivity index (χ1n) is 13.6. The van der Waals surface area contributed by atoms with Crippen molar-refractivity contribution in [2.24, 2.45) is 17.8 Å². The molecule has 2 fully saturated rings. The second-order valence-corrected chi connectivity index (χ2v) is 11.0. The van der Waals surface area contributed by atoms with Crippen LogP contribution in [0.2, 0.25) is 10.0 Å². The first kappa shape index (κ1) is 29.3. The molecule has 4 rings (SSSR count). The summed E-state index contributed by atoms with van der Waals surface area (Å²) in [7, 11) is 0. The summed E-state index contributed by atoms with van der Waals surface area (Å²) in [5, 5.41) is 12.4. The molecule has 0 spiro atoms. The summed E-state index contributed by atoms with van der Waals surface area (Å²) in [6, 6.07) is 16.7. The molecule has 37 heavy (non-hydrogen) atoms. The number of amides is 2. The molecule has 0 heterocycles. The highest BCUT2D eigenvalue weighted by Gasteiger charge is 2.57. The van der Waals surface area contributed by atoms with E-state index in [4.69, 9.17) is 28.5 Å². The molecular weight excluding hydrogens is 503 g/mol. The minimum atomic E-state index is -0.0299. The van der Waals surface area contributed by atoms with Gasteiger partial charge in [0.2, 0.25) is 0 Å². The van der Waals surface area contributed by atoms with Crippen LogP contribution in [-0.4, -0.2) is 48.1 Å². The number of hydrogen-bond acceptors (Lipinski definition) is 3. The van der Waals surface area contributed by atoms with Crippen molar-refractivity contribution < 1.29 is 4.79 Å². The van der Waals surface area contributed by atoms with E-state index in [1.165, 1.54) is 25.7 Å². The van der Waals surface area contributed by atoms with Crippen LogP contribution in [-0.2, 0) is 0 Å². The van der Waals surface area contributed by atoms with E-state index in [2.05, 4.69) is 35.9 Å². The van der Waals surface area contributed by atoms with Crippen LogP contribution in [0, 0.1) is 29.1 Å². The predicted octanol–water partition coefficient (Wildman–Crippen LogP) is 7.94. The standard InChI is InChI=1S/C23H35Cl2N3O.C7H5N/c1-4-6-7-10-27(5-2)11-12-28(21-9-8-20-16(3)22(20)21)23(29)26-19-14-17(24)13-18(25)15-19;8-6-7-4-2-1-3-5-7/h13-16,20-22H,4-12H2,1-3H3,(H,26,29);1-5H. The minimum Gasteiger partial charge on any atom is -0.320 e. The third kappa shape index (κ3) is 8.64. The topological polar surface area (TPSA) is 59.4 Å². The first-order valence-corrected chi connectivity index (χ1v) is 14.3. The molecule has 0 radical (unpaired) electrons. The molecule has 0 saturated heterocycles.